The molecule has 0 aromatic heterocycles. The molecule has 0 spiro atoms. The lowest BCUT2D eigenvalue weighted by Crippen LogP contribution is -2.18. The fraction of sp³-hybridized carbons (Fsp3) is 0.500. The summed E-state index contributed by atoms with van der Waals surface area (Å²) in [7, 11) is -2.39. The molecule has 0 aliphatic rings. The first-order valence-electron chi connectivity index (χ1n) is 21.6. The molecule has 0 bridgehead atoms. The number of hydrogen-bond donors (Lipinski definition) is 2. The number of halogens is 8. The van der Waals surface area contributed by atoms with E-state index in [9.17, 15) is 39.7 Å². The molecule has 352 valence electrons. The third-order valence-electron chi connectivity index (χ3n) is 10.9. The Balaban J connectivity index is 1.06. The van der Waals surface area contributed by atoms with Crippen molar-refractivity contribution in [3.8, 4) is 0 Å². The molecule has 0 unspecified atom stereocenters. The second-order valence-corrected chi connectivity index (χ2v) is 20.2. The molecule has 0 fully saturated rings. The number of hydrogen-bond acceptors (Lipinski definition) is 7. The van der Waals surface area contributed by atoms with Gasteiger partial charge in [0.25, 0.3) is 0 Å². The van der Waals surface area contributed by atoms with Crippen LogP contribution in [0.5, 0.6) is 0 Å². The van der Waals surface area contributed by atoms with E-state index in [-0.39, 0.29) is 58.6 Å². The van der Waals surface area contributed by atoms with E-state index in [0.717, 1.165) is 25.0 Å². The molecule has 0 radical (unpaired) electrons. The lowest BCUT2D eigenvalue weighted by Gasteiger charge is -2.25. The van der Waals surface area contributed by atoms with Crippen molar-refractivity contribution >= 4 is 31.8 Å². The van der Waals surface area contributed by atoms with Crippen LogP contribution in [0.4, 0.5) is 35.1 Å². The first kappa shape index (κ1) is 53.6. The molecular formula is C48H60F8N2O3PS2+. The highest BCUT2D eigenvalue weighted by Gasteiger charge is 2.35. The molecule has 0 atom stereocenters. The molecule has 2 N–H and O–H groups in total. The van der Waals surface area contributed by atoms with Crippen LogP contribution >= 0.6 is 31.8 Å². The van der Waals surface area contributed by atoms with Gasteiger partial charge < -0.3 is 10.6 Å². The fourth-order valence-electron chi connectivity index (χ4n) is 7.24. The Bertz CT molecular complexity index is 1920. The minimum atomic E-state index is -4.51. The zero-order valence-corrected chi connectivity index (χ0v) is 39.4. The fourth-order valence-corrected chi connectivity index (χ4v) is 9.99. The van der Waals surface area contributed by atoms with Crippen LogP contribution in [0, 0.1) is 11.6 Å². The van der Waals surface area contributed by atoms with Crippen molar-refractivity contribution in [2.24, 2.45) is 0 Å². The molecule has 0 saturated carbocycles. The second-order valence-electron chi connectivity index (χ2n) is 16.9. The predicted octanol–water partition coefficient (Wildman–Crippen LogP) is 14.8. The van der Waals surface area contributed by atoms with Crippen LogP contribution in [-0.4, -0.2) is 37.8 Å². The molecule has 16 heteroatoms. The van der Waals surface area contributed by atoms with Crippen molar-refractivity contribution in [1.82, 2.24) is 10.6 Å². The largest absolute Gasteiger partial charge is 0.697 e. The van der Waals surface area contributed by atoms with Crippen LogP contribution in [0.1, 0.15) is 112 Å². The van der Waals surface area contributed by atoms with Gasteiger partial charge >= 0.3 is 20.6 Å². The number of alkyl halides is 6. The van der Waals surface area contributed by atoms with Crippen LogP contribution in [0.15, 0.2) is 94.7 Å². The second kappa shape index (κ2) is 25.8. The van der Waals surface area contributed by atoms with Crippen LogP contribution in [0.3, 0.4) is 0 Å². The van der Waals surface area contributed by atoms with E-state index in [1.807, 2.05) is 27.7 Å². The summed E-state index contributed by atoms with van der Waals surface area (Å²) in [5, 5.41) is 6.17. The third kappa shape index (κ3) is 18.0. The van der Waals surface area contributed by atoms with Crippen LogP contribution in [-0.2, 0) is 49.9 Å². The molecule has 0 aliphatic carbocycles. The van der Waals surface area contributed by atoms with E-state index in [1.165, 1.54) is 47.8 Å². The minimum Gasteiger partial charge on any atom is -0.313 e. The summed E-state index contributed by atoms with van der Waals surface area (Å²) in [6.07, 6.45) is -3.85. The Morgan fingerprint density at radius 2 is 0.922 bits per heavy atom. The number of unbranched alkanes of at least 4 members (excludes halogenated alkanes) is 2. The quantitative estimate of drug-likeness (QED) is 0.0255. The average molecular weight is 960 g/mol. The van der Waals surface area contributed by atoms with Crippen LogP contribution in [0.25, 0.3) is 0 Å². The normalized spacial score (nSPS) is 12.6. The van der Waals surface area contributed by atoms with E-state index in [0.29, 0.717) is 85.4 Å². The summed E-state index contributed by atoms with van der Waals surface area (Å²) in [4.78, 5) is 0.334. The van der Waals surface area contributed by atoms with E-state index in [1.54, 1.807) is 48.5 Å². The molecule has 4 aromatic carbocycles. The number of thioether (sulfide) groups is 2. The SMILES string of the molecule is CC(C)(CCCCSc1ccc(CNCCCO[P+](=O)OCCCNCc2ccc(SCCCCC(C)(C)c3ccccc3F)c(C(F)(F)F)c2)cc1C(F)(F)F)c1ccccc1F. The predicted molar refractivity (Wildman–Crippen MR) is 243 cm³/mol. The highest BCUT2D eigenvalue weighted by atomic mass is 32.2. The highest BCUT2D eigenvalue weighted by molar-refractivity contribution is 7.99. The van der Waals surface area contributed by atoms with Gasteiger partial charge in [0, 0.05) is 27.4 Å². The first-order valence-corrected chi connectivity index (χ1v) is 24.6. The van der Waals surface area contributed by atoms with E-state index in [2.05, 4.69) is 10.6 Å². The topological polar surface area (TPSA) is 59.6 Å². The molecule has 4 aromatic rings. The van der Waals surface area contributed by atoms with Gasteiger partial charge in [0.1, 0.15) is 24.8 Å². The van der Waals surface area contributed by atoms with Gasteiger partial charge in [-0.2, -0.15) is 26.3 Å². The molecule has 0 heterocycles. The van der Waals surface area contributed by atoms with Gasteiger partial charge in [-0.15, -0.1) is 32.6 Å². The summed E-state index contributed by atoms with van der Waals surface area (Å²) < 4.78 is 135. The molecule has 5 nitrogen and oxygen atoms in total. The standard InChI is InChI=1S/C48H60F8N2O3PS2/c1-45(2,37-15-5-7-17-41(37)49)23-9-11-29-63-43-21-19-35(31-39(43)47(51,52)53)33-57-25-13-27-60-62(59)61-28-14-26-58-34-36-20-22-44(40(32-36)48(54,55)56)64-30-12-10-24-46(3,4)38-16-6-8-18-42(38)50/h5-8,15-22,31-32,57-58H,9-14,23-30,33-34H2,1-4H3/q+1. The summed E-state index contributed by atoms with van der Waals surface area (Å²) in [5.74, 6) is 0.498. The van der Waals surface area contributed by atoms with Crippen molar-refractivity contribution in [1.29, 1.82) is 0 Å². The number of benzene rings is 4. The Morgan fingerprint density at radius 3 is 1.30 bits per heavy atom. The number of rotatable bonds is 28. The maximum atomic E-state index is 14.3. The first-order chi connectivity index (χ1) is 30.3. The lowest BCUT2D eigenvalue weighted by atomic mass is 9.80. The molecule has 0 amide bonds. The zero-order chi connectivity index (χ0) is 46.8. The van der Waals surface area contributed by atoms with Gasteiger partial charge in [-0.05, 0) is 133 Å². The van der Waals surface area contributed by atoms with Crippen molar-refractivity contribution in [2.45, 2.75) is 125 Å². The maximum Gasteiger partial charge on any atom is 0.697 e. The van der Waals surface area contributed by atoms with Gasteiger partial charge in [0.05, 0.1) is 11.1 Å². The molecule has 64 heavy (non-hydrogen) atoms. The van der Waals surface area contributed by atoms with Crippen LogP contribution in [0.2, 0.25) is 0 Å². The molecule has 0 aliphatic heterocycles. The van der Waals surface area contributed by atoms with Crippen molar-refractivity contribution < 1.29 is 48.7 Å². The molecular weight excluding hydrogens is 900 g/mol. The highest BCUT2D eigenvalue weighted by Crippen LogP contribution is 2.40. The maximum absolute atomic E-state index is 14.3. The van der Waals surface area contributed by atoms with Gasteiger partial charge in [-0.25, -0.2) is 8.78 Å². The van der Waals surface area contributed by atoms with Gasteiger partial charge in [0.2, 0.25) is 0 Å². The van der Waals surface area contributed by atoms with Crippen molar-refractivity contribution in [3.63, 3.8) is 0 Å². The van der Waals surface area contributed by atoms with Crippen molar-refractivity contribution in [2.75, 3.05) is 37.8 Å². The third-order valence-corrected chi connectivity index (χ3v) is 14.0. The van der Waals surface area contributed by atoms with E-state index < -0.39 is 31.7 Å². The average Bonchev–Trinajstić information content (AvgIpc) is 3.23. The minimum absolute atomic E-state index is 0.102. The summed E-state index contributed by atoms with van der Waals surface area (Å²) in [6.45, 7) is 9.30. The zero-order valence-electron chi connectivity index (χ0n) is 36.9. The monoisotopic (exact) mass is 959 g/mol. The Kier molecular flexibility index (Phi) is 21.6. The molecule has 4 rings (SSSR count). The molecule has 0 saturated heterocycles. The van der Waals surface area contributed by atoms with Gasteiger partial charge in [0.15, 0.2) is 0 Å². The summed E-state index contributed by atoms with van der Waals surface area (Å²) in [5.41, 5.74) is 0.0905. The van der Waals surface area contributed by atoms with Crippen LogP contribution < -0.4 is 10.6 Å². The van der Waals surface area contributed by atoms with E-state index in [4.69, 9.17) is 9.05 Å². The lowest BCUT2D eigenvalue weighted by molar-refractivity contribution is -0.140. The summed E-state index contributed by atoms with van der Waals surface area (Å²) >= 11 is 2.33. The van der Waals surface area contributed by atoms with Crippen molar-refractivity contribution in [3.05, 3.63) is 130 Å². The Hall–Kier alpha value is -3.04. The summed E-state index contributed by atoms with van der Waals surface area (Å²) in [6, 6.07) is 22.0. The number of nitrogens with one attached hydrogen (secondary N) is 2. The Morgan fingerprint density at radius 1 is 0.531 bits per heavy atom. The van der Waals surface area contributed by atoms with Gasteiger partial charge in [-0.3, -0.25) is 0 Å². The van der Waals surface area contributed by atoms with E-state index >= 15 is 0 Å². The Labute approximate surface area is 382 Å². The van der Waals surface area contributed by atoms with Gasteiger partial charge in [-0.1, -0.05) is 89.1 Å². The smallest absolute Gasteiger partial charge is 0.313 e.